The van der Waals surface area contributed by atoms with E-state index in [1.165, 1.54) is 5.56 Å². The van der Waals surface area contributed by atoms with Gasteiger partial charge in [0.05, 0.1) is 6.54 Å². The van der Waals surface area contributed by atoms with Crippen molar-refractivity contribution >= 4 is 23.2 Å². The number of Topliss-reactive ketones (excluding diaryl/α,β-unsaturated/α-hetero) is 1. The monoisotopic (exact) mass is 396 g/mol. The highest BCUT2D eigenvalue weighted by Crippen LogP contribution is 2.30. The second kappa shape index (κ2) is 8.07. The molecule has 0 atom stereocenters. The predicted octanol–water partition coefficient (Wildman–Crippen LogP) is 5.62. The lowest BCUT2D eigenvalue weighted by Gasteiger charge is -2.19. The fourth-order valence-electron chi connectivity index (χ4n) is 3.67. The summed E-state index contributed by atoms with van der Waals surface area (Å²) in [7, 11) is 0. The van der Waals surface area contributed by atoms with Crippen LogP contribution in [0.3, 0.4) is 0 Å². The summed E-state index contributed by atoms with van der Waals surface area (Å²) in [5.41, 5.74) is 5.28. The summed E-state index contributed by atoms with van der Waals surface area (Å²) in [6, 6.07) is 23.0. The van der Waals surface area contributed by atoms with E-state index in [0.717, 1.165) is 16.8 Å². The van der Waals surface area contributed by atoms with E-state index in [2.05, 4.69) is 18.8 Å². The summed E-state index contributed by atoms with van der Waals surface area (Å²) in [4.78, 5) is 31.3. The number of fused-ring (bicyclic) bond motifs is 1. The van der Waals surface area contributed by atoms with Crippen LogP contribution in [0.1, 0.15) is 64.1 Å². The highest BCUT2D eigenvalue weighted by Gasteiger charge is 2.27. The molecule has 0 saturated heterocycles. The van der Waals surface area contributed by atoms with E-state index in [0.29, 0.717) is 29.4 Å². The molecule has 0 aromatic heterocycles. The minimum atomic E-state index is -0.273. The minimum Gasteiger partial charge on any atom is -0.321 e. The van der Waals surface area contributed by atoms with Crippen molar-refractivity contribution in [1.29, 1.82) is 0 Å². The summed E-state index contributed by atoms with van der Waals surface area (Å²) < 4.78 is 0. The van der Waals surface area contributed by atoms with Crippen molar-refractivity contribution < 1.29 is 9.59 Å². The van der Waals surface area contributed by atoms with Crippen LogP contribution in [0.2, 0.25) is 0 Å². The number of rotatable bonds is 4. The van der Waals surface area contributed by atoms with Crippen molar-refractivity contribution in [3.8, 4) is 0 Å². The highest BCUT2D eigenvalue weighted by atomic mass is 16.1. The number of amidine groups is 1. The van der Waals surface area contributed by atoms with E-state index in [1.54, 1.807) is 13.0 Å². The molecule has 3 aromatic carbocycles. The molecular formula is C26H24N2O2. The van der Waals surface area contributed by atoms with Gasteiger partial charge in [0.15, 0.2) is 5.78 Å². The molecule has 1 amide bonds. The van der Waals surface area contributed by atoms with Gasteiger partial charge in [-0.05, 0) is 48.2 Å². The Morgan fingerprint density at radius 2 is 1.63 bits per heavy atom. The standard InChI is InChI=1S/C26H24N2O2/c1-17(2)19-11-13-20(14-12-19)26(30)27-25-24-10-5-4-7-22(24)16-28(25)23-9-6-8-21(15-23)18(3)29/h4-15,17H,16H2,1-3H3. The molecule has 0 radical (unpaired) electrons. The predicted molar refractivity (Wildman–Crippen MR) is 120 cm³/mol. The Morgan fingerprint density at radius 1 is 0.900 bits per heavy atom. The SMILES string of the molecule is CC(=O)c1cccc(N2Cc3ccccc3C2=NC(=O)c2ccc(C(C)C)cc2)c1. The molecule has 4 heteroatoms. The van der Waals surface area contributed by atoms with Gasteiger partial charge in [-0.25, -0.2) is 0 Å². The number of benzene rings is 3. The van der Waals surface area contributed by atoms with Crippen LogP contribution < -0.4 is 4.90 Å². The van der Waals surface area contributed by atoms with E-state index in [1.807, 2.05) is 71.6 Å². The Morgan fingerprint density at radius 3 is 2.33 bits per heavy atom. The number of carbonyl (C=O) groups excluding carboxylic acids is 2. The third-order valence-electron chi connectivity index (χ3n) is 5.44. The van der Waals surface area contributed by atoms with Crippen LogP contribution >= 0.6 is 0 Å². The van der Waals surface area contributed by atoms with Crippen molar-refractivity contribution in [3.63, 3.8) is 0 Å². The minimum absolute atomic E-state index is 0.00775. The Hall–Kier alpha value is -3.53. The van der Waals surface area contributed by atoms with Gasteiger partial charge in [-0.1, -0.05) is 62.4 Å². The summed E-state index contributed by atoms with van der Waals surface area (Å²) in [5, 5.41) is 0. The second-order valence-electron chi connectivity index (χ2n) is 7.87. The van der Waals surface area contributed by atoms with E-state index in [9.17, 15) is 9.59 Å². The van der Waals surface area contributed by atoms with Gasteiger partial charge in [0.25, 0.3) is 5.91 Å². The maximum absolute atomic E-state index is 13.0. The molecule has 0 unspecified atom stereocenters. The first-order valence-corrected chi connectivity index (χ1v) is 10.1. The summed E-state index contributed by atoms with van der Waals surface area (Å²) in [6.45, 7) is 6.41. The van der Waals surface area contributed by atoms with Gasteiger partial charge in [-0.3, -0.25) is 9.59 Å². The topological polar surface area (TPSA) is 49.7 Å². The highest BCUT2D eigenvalue weighted by molar-refractivity contribution is 6.19. The van der Waals surface area contributed by atoms with Crippen molar-refractivity contribution in [1.82, 2.24) is 0 Å². The number of nitrogens with zero attached hydrogens (tertiary/aromatic N) is 2. The summed E-state index contributed by atoms with van der Waals surface area (Å²) in [6.07, 6.45) is 0. The molecule has 4 nitrogen and oxygen atoms in total. The number of hydrogen-bond acceptors (Lipinski definition) is 2. The zero-order valence-corrected chi connectivity index (χ0v) is 17.4. The average molecular weight is 396 g/mol. The molecule has 150 valence electrons. The molecule has 0 N–H and O–H groups in total. The van der Waals surface area contributed by atoms with Crippen LogP contribution in [0, 0.1) is 0 Å². The molecule has 0 fully saturated rings. The Bertz CT molecular complexity index is 1140. The second-order valence-corrected chi connectivity index (χ2v) is 7.87. The maximum atomic E-state index is 13.0. The van der Waals surface area contributed by atoms with Gasteiger partial charge < -0.3 is 4.90 Å². The third kappa shape index (κ3) is 3.81. The van der Waals surface area contributed by atoms with Gasteiger partial charge in [0.1, 0.15) is 5.84 Å². The first-order chi connectivity index (χ1) is 14.4. The summed E-state index contributed by atoms with van der Waals surface area (Å²) >= 11 is 0. The Kier molecular flexibility index (Phi) is 5.32. The maximum Gasteiger partial charge on any atom is 0.278 e. The van der Waals surface area contributed by atoms with Crippen LogP contribution in [0.15, 0.2) is 77.8 Å². The van der Waals surface area contributed by atoms with Crippen LogP contribution in [0.5, 0.6) is 0 Å². The molecule has 0 aliphatic carbocycles. The smallest absolute Gasteiger partial charge is 0.278 e. The summed E-state index contributed by atoms with van der Waals surface area (Å²) in [5.74, 6) is 0.758. The van der Waals surface area contributed by atoms with Crippen LogP contribution in [0.4, 0.5) is 5.69 Å². The van der Waals surface area contributed by atoms with Gasteiger partial charge in [0.2, 0.25) is 0 Å². The van der Waals surface area contributed by atoms with E-state index >= 15 is 0 Å². The zero-order valence-electron chi connectivity index (χ0n) is 17.4. The molecular weight excluding hydrogens is 372 g/mol. The molecule has 3 aromatic rings. The fraction of sp³-hybridized carbons (Fsp3) is 0.192. The molecule has 0 saturated carbocycles. The van der Waals surface area contributed by atoms with Gasteiger partial charge in [0, 0.05) is 22.4 Å². The van der Waals surface area contributed by atoms with Crippen LogP contribution in [-0.2, 0) is 6.54 Å². The lowest BCUT2D eigenvalue weighted by Crippen LogP contribution is -2.25. The number of amides is 1. The Labute approximate surface area is 176 Å². The number of aliphatic imine (C=N–C) groups is 1. The normalized spacial score (nSPS) is 14.3. The molecule has 30 heavy (non-hydrogen) atoms. The largest absolute Gasteiger partial charge is 0.321 e. The molecule has 1 heterocycles. The molecule has 1 aliphatic heterocycles. The lowest BCUT2D eigenvalue weighted by atomic mass is 10.0. The number of ketones is 1. The molecule has 4 rings (SSSR count). The average Bonchev–Trinajstić information content (AvgIpc) is 3.12. The van der Waals surface area contributed by atoms with Gasteiger partial charge in [-0.2, -0.15) is 4.99 Å². The van der Waals surface area contributed by atoms with Crippen LogP contribution in [-0.4, -0.2) is 17.5 Å². The zero-order chi connectivity index (χ0) is 21.3. The van der Waals surface area contributed by atoms with Crippen molar-refractivity contribution in [3.05, 3.63) is 101 Å². The van der Waals surface area contributed by atoms with Crippen molar-refractivity contribution in [2.24, 2.45) is 4.99 Å². The fourth-order valence-corrected chi connectivity index (χ4v) is 3.67. The first-order valence-electron chi connectivity index (χ1n) is 10.1. The quantitative estimate of drug-likeness (QED) is 0.538. The van der Waals surface area contributed by atoms with Gasteiger partial charge >= 0.3 is 0 Å². The van der Waals surface area contributed by atoms with Crippen molar-refractivity contribution in [2.45, 2.75) is 33.2 Å². The number of anilines is 1. The molecule has 0 spiro atoms. The van der Waals surface area contributed by atoms with Crippen LogP contribution in [0.25, 0.3) is 0 Å². The van der Waals surface area contributed by atoms with E-state index in [4.69, 9.17) is 0 Å². The third-order valence-corrected chi connectivity index (χ3v) is 5.44. The van der Waals surface area contributed by atoms with Crippen molar-refractivity contribution in [2.75, 3.05) is 4.90 Å². The molecule has 0 bridgehead atoms. The molecule has 1 aliphatic rings. The number of carbonyl (C=O) groups is 2. The lowest BCUT2D eigenvalue weighted by molar-refractivity contribution is 0.0998. The van der Waals surface area contributed by atoms with E-state index in [-0.39, 0.29) is 11.7 Å². The number of hydrogen-bond donors (Lipinski definition) is 0. The Balaban J connectivity index is 1.74. The van der Waals surface area contributed by atoms with E-state index < -0.39 is 0 Å². The van der Waals surface area contributed by atoms with Gasteiger partial charge in [-0.15, -0.1) is 0 Å². The first kappa shape index (κ1) is 19.8.